The fourth-order valence-corrected chi connectivity index (χ4v) is 1.37. The zero-order valence-electron chi connectivity index (χ0n) is 9.84. The van der Waals surface area contributed by atoms with Crippen LogP contribution in [0.2, 0.25) is 0 Å². The second-order valence-electron chi connectivity index (χ2n) is 3.43. The molecule has 0 aliphatic carbocycles. The third kappa shape index (κ3) is 3.48. The monoisotopic (exact) mass is 237 g/mol. The molecule has 1 amide bonds. The Labute approximate surface area is 99.6 Å². The lowest BCUT2D eigenvalue weighted by Crippen LogP contribution is -2.35. The molecule has 5 nitrogen and oxygen atoms in total. The normalized spacial score (nSPS) is 9.76. The lowest BCUT2D eigenvalue weighted by Gasteiger charge is -2.21. The second kappa shape index (κ2) is 5.89. The van der Waals surface area contributed by atoms with Gasteiger partial charge in [0.1, 0.15) is 12.3 Å². The molecule has 0 saturated carbocycles. The Kier molecular flexibility index (Phi) is 4.51. The van der Waals surface area contributed by atoms with Crippen molar-refractivity contribution in [1.29, 1.82) is 0 Å². The summed E-state index contributed by atoms with van der Waals surface area (Å²) < 4.78 is 4.53. The lowest BCUT2D eigenvalue weighted by atomic mass is 10.2. The third-order valence-electron chi connectivity index (χ3n) is 2.26. The first-order valence-electron chi connectivity index (χ1n) is 5.24. The van der Waals surface area contributed by atoms with E-state index in [0.717, 1.165) is 0 Å². The number of anilines is 1. The van der Waals surface area contributed by atoms with Gasteiger partial charge in [0.2, 0.25) is 5.91 Å². The number of rotatable bonds is 4. The minimum atomic E-state index is -0.504. The Morgan fingerprint density at radius 3 is 2.65 bits per heavy atom. The molecule has 0 unspecified atom stereocenters. The third-order valence-corrected chi connectivity index (χ3v) is 2.26. The van der Waals surface area contributed by atoms with Crippen LogP contribution in [-0.4, -0.2) is 30.6 Å². The Hall–Kier alpha value is -2.04. The topological polar surface area (TPSA) is 66.8 Å². The van der Waals surface area contributed by atoms with E-state index in [0.29, 0.717) is 5.69 Å². The van der Waals surface area contributed by atoms with Crippen molar-refractivity contribution in [2.75, 3.05) is 18.6 Å². The SMILES string of the molecule is CCC(=O)N(CC(=O)OC)c1cccc(O)c1. The van der Waals surface area contributed by atoms with Crippen molar-refractivity contribution in [1.82, 2.24) is 0 Å². The summed E-state index contributed by atoms with van der Waals surface area (Å²) in [6.07, 6.45) is 0.270. The average molecular weight is 237 g/mol. The summed E-state index contributed by atoms with van der Waals surface area (Å²) in [5, 5.41) is 9.35. The summed E-state index contributed by atoms with van der Waals surface area (Å²) in [5.41, 5.74) is 0.474. The molecule has 1 rings (SSSR count). The first-order chi connectivity index (χ1) is 8.08. The van der Waals surface area contributed by atoms with Crippen molar-refractivity contribution >= 4 is 17.6 Å². The standard InChI is InChI=1S/C12H15NO4/c1-3-11(15)13(8-12(16)17-2)9-5-4-6-10(14)7-9/h4-7,14H,3,8H2,1-2H3. The molecule has 1 aromatic rings. The van der Waals surface area contributed by atoms with Crippen LogP contribution in [0.15, 0.2) is 24.3 Å². The van der Waals surface area contributed by atoms with Crippen LogP contribution in [0.4, 0.5) is 5.69 Å². The van der Waals surface area contributed by atoms with Gasteiger partial charge in [0, 0.05) is 18.2 Å². The summed E-state index contributed by atoms with van der Waals surface area (Å²) in [5.74, 6) is -0.669. The largest absolute Gasteiger partial charge is 0.508 e. The molecule has 0 aliphatic rings. The number of esters is 1. The van der Waals surface area contributed by atoms with Gasteiger partial charge in [-0.05, 0) is 12.1 Å². The predicted molar refractivity (Wildman–Crippen MR) is 62.8 cm³/mol. The summed E-state index contributed by atoms with van der Waals surface area (Å²) in [6, 6.07) is 6.18. The molecule has 92 valence electrons. The van der Waals surface area contributed by atoms with E-state index in [9.17, 15) is 14.7 Å². The highest BCUT2D eigenvalue weighted by Gasteiger charge is 2.18. The highest BCUT2D eigenvalue weighted by atomic mass is 16.5. The highest BCUT2D eigenvalue weighted by Crippen LogP contribution is 2.20. The molecule has 0 atom stereocenters. The number of hydrogen-bond donors (Lipinski definition) is 1. The van der Waals surface area contributed by atoms with E-state index in [1.807, 2.05) is 0 Å². The number of phenols is 1. The Morgan fingerprint density at radius 1 is 1.41 bits per heavy atom. The Balaban J connectivity index is 2.97. The zero-order chi connectivity index (χ0) is 12.8. The smallest absolute Gasteiger partial charge is 0.325 e. The van der Waals surface area contributed by atoms with Crippen LogP contribution in [0.25, 0.3) is 0 Å². The molecule has 0 heterocycles. The van der Waals surface area contributed by atoms with Crippen LogP contribution in [0.3, 0.4) is 0 Å². The molecule has 0 aromatic heterocycles. The van der Waals surface area contributed by atoms with Gasteiger partial charge in [-0.2, -0.15) is 0 Å². The fourth-order valence-electron chi connectivity index (χ4n) is 1.37. The number of nitrogens with zero attached hydrogens (tertiary/aromatic N) is 1. The maximum Gasteiger partial charge on any atom is 0.325 e. The maximum absolute atomic E-state index is 11.7. The number of aromatic hydroxyl groups is 1. The lowest BCUT2D eigenvalue weighted by molar-refractivity contribution is -0.140. The van der Waals surface area contributed by atoms with Crippen LogP contribution in [0, 0.1) is 0 Å². The first kappa shape index (κ1) is 13.0. The molecule has 0 fully saturated rings. The van der Waals surface area contributed by atoms with E-state index < -0.39 is 5.97 Å². The van der Waals surface area contributed by atoms with Gasteiger partial charge in [0.05, 0.1) is 7.11 Å². The Bertz CT molecular complexity index is 417. The van der Waals surface area contributed by atoms with Crippen LogP contribution >= 0.6 is 0 Å². The van der Waals surface area contributed by atoms with Gasteiger partial charge in [-0.3, -0.25) is 9.59 Å². The van der Waals surface area contributed by atoms with Gasteiger partial charge in [-0.15, -0.1) is 0 Å². The van der Waals surface area contributed by atoms with Gasteiger partial charge < -0.3 is 14.7 Å². The number of methoxy groups -OCH3 is 1. The highest BCUT2D eigenvalue weighted by molar-refractivity contribution is 5.97. The molecule has 0 bridgehead atoms. The van der Waals surface area contributed by atoms with Crippen molar-refractivity contribution in [3.63, 3.8) is 0 Å². The summed E-state index contributed by atoms with van der Waals surface area (Å²) >= 11 is 0. The van der Waals surface area contributed by atoms with Crippen LogP contribution in [0.5, 0.6) is 5.75 Å². The number of carbonyl (C=O) groups is 2. The first-order valence-corrected chi connectivity index (χ1v) is 5.24. The number of hydrogen-bond acceptors (Lipinski definition) is 4. The van der Waals surface area contributed by atoms with Gasteiger partial charge >= 0.3 is 5.97 Å². The minimum absolute atomic E-state index is 0.0428. The number of benzene rings is 1. The molecule has 0 radical (unpaired) electrons. The number of phenolic OH excluding ortho intramolecular Hbond substituents is 1. The predicted octanol–water partition coefficient (Wildman–Crippen LogP) is 1.31. The van der Waals surface area contributed by atoms with Gasteiger partial charge in [0.15, 0.2) is 0 Å². The second-order valence-corrected chi connectivity index (χ2v) is 3.43. The molecule has 1 N–H and O–H groups in total. The van der Waals surface area contributed by atoms with E-state index in [2.05, 4.69) is 4.74 Å². The number of amides is 1. The molecule has 0 saturated heterocycles. The Morgan fingerprint density at radius 2 is 2.12 bits per heavy atom. The van der Waals surface area contributed by atoms with Gasteiger partial charge in [0.25, 0.3) is 0 Å². The molecule has 17 heavy (non-hydrogen) atoms. The van der Waals surface area contributed by atoms with Crippen molar-refractivity contribution in [2.24, 2.45) is 0 Å². The summed E-state index contributed by atoms with van der Waals surface area (Å²) in [7, 11) is 1.26. The summed E-state index contributed by atoms with van der Waals surface area (Å²) in [6.45, 7) is 1.54. The minimum Gasteiger partial charge on any atom is -0.508 e. The van der Waals surface area contributed by atoms with Crippen molar-refractivity contribution in [3.8, 4) is 5.75 Å². The molecule has 0 aliphatic heterocycles. The zero-order valence-corrected chi connectivity index (χ0v) is 9.84. The van der Waals surface area contributed by atoms with Crippen molar-refractivity contribution in [2.45, 2.75) is 13.3 Å². The quantitative estimate of drug-likeness (QED) is 0.802. The summed E-state index contributed by atoms with van der Waals surface area (Å²) in [4.78, 5) is 24.2. The van der Waals surface area contributed by atoms with Crippen LogP contribution < -0.4 is 4.90 Å². The molecule has 1 aromatic carbocycles. The van der Waals surface area contributed by atoms with Crippen LogP contribution in [-0.2, 0) is 14.3 Å². The molecule has 5 heteroatoms. The molecular formula is C12H15NO4. The average Bonchev–Trinajstić information content (AvgIpc) is 2.34. The van der Waals surface area contributed by atoms with Gasteiger partial charge in [-0.1, -0.05) is 13.0 Å². The number of carbonyl (C=O) groups excluding carboxylic acids is 2. The molecule has 0 spiro atoms. The number of ether oxygens (including phenoxy) is 1. The maximum atomic E-state index is 11.7. The fraction of sp³-hybridized carbons (Fsp3) is 0.333. The van der Waals surface area contributed by atoms with Gasteiger partial charge in [-0.25, -0.2) is 0 Å². The van der Waals surface area contributed by atoms with E-state index in [4.69, 9.17) is 0 Å². The van der Waals surface area contributed by atoms with E-state index >= 15 is 0 Å². The van der Waals surface area contributed by atoms with Crippen LogP contribution in [0.1, 0.15) is 13.3 Å². The van der Waals surface area contributed by atoms with E-state index in [1.54, 1.807) is 19.1 Å². The van der Waals surface area contributed by atoms with Crippen molar-refractivity contribution < 1.29 is 19.4 Å². The van der Waals surface area contributed by atoms with Crippen molar-refractivity contribution in [3.05, 3.63) is 24.3 Å². The van der Waals surface area contributed by atoms with E-state index in [1.165, 1.54) is 24.1 Å². The van der Waals surface area contributed by atoms with E-state index in [-0.39, 0.29) is 24.6 Å². The molecular weight excluding hydrogens is 222 g/mol.